The standard InChI is InChI=1S/C21H16O5/c1-21(2)6-5-13-8-15-19(9-18(13)26-21)25-11-16(20(15)24)12-3-4-17(23)14(7-12)10-22/h3-11,23H,1-2H3. The van der Waals surface area contributed by atoms with Crippen LogP contribution in [0.25, 0.3) is 28.2 Å². The molecule has 4 rings (SSSR count). The number of rotatable bonds is 2. The smallest absolute Gasteiger partial charge is 0.200 e. The minimum absolute atomic E-state index is 0.117. The maximum atomic E-state index is 13.0. The van der Waals surface area contributed by atoms with Crippen LogP contribution in [0.15, 0.2) is 51.9 Å². The van der Waals surface area contributed by atoms with Crippen molar-refractivity contribution in [3.05, 3.63) is 64.0 Å². The van der Waals surface area contributed by atoms with E-state index in [0.717, 1.165) is 5.56 Å². The molecule has 0 unspecified atom stereocenters. The molecule has 0 spiro atoms. The van der Waals surface area contributed by atoms with E-state index in [9.17, 15) is 14.7 Å². The minimum Gasteiger partial charge on any atom is -0.507 e. The van der Waals surface area contributed by atoms with Crippen molar-refractivity contribution in [1.82, 2.24) is 0 Å². The third-order valence-electron chi connectivity index (χ3n) is 4.41. The summed E-state index contributed by atoms with van der Waals surface area (Å²) < 4.78 is 11.6. The van der Waals surface area contributed by atoms with E-state index in [1.807, 2.05) is 26.0 Å². The second kappa shape index (κ2) is 5.59. The number of hydrogen-bond donors (Lipinski definition) is 1. The van der Waals surface area contributed by atoms with Crippen LogP contribution in [0.5, 0.6) is 11.5 Å². The van der Waals surface area contributed by atoms with Gasteiger partial charge in [0.05, 0.1) is 16.5 Å². The quantitative estimate of drug-likeness (QED) is 0.704. The number of fused-ring (bicyclic) bond motifs is 2. The molecule has 26 heavy (non-hydrogen) atoms. The number of carbonyl (C=O) groups excluding carboxylic acids is 1. The van der Waals surface area contributed by atoms with E-state index < -0.39 is 5.60 Å². The number of aromatic hydroxyl groups is 1. The molecule has 0 amide bonds. The fourth-order valence-corrected chi connectivity index (χ4v) is 3.02. The van der Waals surface area contributed by atoms with E-state index in [1.165, 1.54) is 18.4 Å². The Morgan fingerprint density at radius 2 is 1.96 bits per heavy atom. The van der Waals surface area contributed by atoms with Crippen molar-refractivity contribution in [1.29, 1.82) is 0 Å². The number of carbonyl (C=O) groups is 1. The normalized spacial score (nSPS) is 14.7. The molecule has 0 aliphatic carbocycles. The fraction of sp³-hybridized carbons (Fsp3) is 0.143. The zero-order valence-electron chi connectivity index (χ0n) is 14.3. The Kier molecular flexibility index (Phi) is 3.47. The number of ether oxygens (including phenoxy) is 1. The van der Waals surface area contributed by atoms with Crippen molar-refractivity contribution in [3.63, 3.8) is 0 Å². The molecule has 5 nitrogen and oxygen atoms in total. The van der Waals surface area contributed by atoms with Gasteiger partial charge in [0.25, 0.3) is 0 Å². The SMILES string of the molecule is CC1(C)C=Cc2cc3c(=O)c(-c4ccc(O)c(C=O)c4)coc3cc2O1. The first kappa shape index (κ1) is 16.1. The number of hydrogen-bond acceptors (Lipinski definition) is 5. The van der Waals surface area contributed by atoms with Crippen LogP contribution < -0.4 is 10.2 Å². The third-order valence-corrected chi connectivity index (χ3v) is 4.41. The van der Waals surface area contributed by atoms with Crippen LogP contribution in [0.1, 0.15) is 29.8 Å². The second-order valence-electron chi connectivity index (χ2n) is 6.79. The van der Waals surface area contributed by atoms with E-state index in [0.29, 0.717) is 34.1 Å². The van der Waals surface area contributed by atoms with E-state index >= 15 is 0 Å². The Balaban J connectivity index is 1.91. The molecule has 0 radical (unpaired) electrons. The first-order chi connectivity index (χ1) is 12.4. The highest BCUT2D eigenvalue weighted by Crippen LogP contribution is 2.34. The van der Waals surface area contributed by atoms with E-state index in [-0.39, 0.29) is 16.7 Å². The van der Waals surface area contributed by atoms with Crippen molar-refractivity contribution >= 4 is 23.3 Å². The average Bonchev–Trinajstić information content (AvgIpc) is 2.61. The van der Waals surface area contributed by atoms with Crippen molar-refractivity contribution in [2.24, 2.45) is 0 Å². The van der Waals surface area contributed by atoms with Gasteiger partial charge in [0.2, 0.25) is 5.43 Å². The third kappa shape index (κ3) is 2.58. The Morgan fingerprint density at radius 3 is 2.73 bits per heavy atom. The summed E-state index contributed by atoms with van der Waals surface area (Å²) in [5, 5.41) is 10.1. The first-order valence-corrected chi connectivity index (χ1v) is 8.14. The Morgan fingerprint density at radius 1 is 1.15 bits per heavy atom. The molecule has 0 saturated carbocycles. The zero-order chi connectivity index (χ0) is 18.5. The van der Waals surface area contributed by atoms with Gasteiger partial charge in [-0.25, -0.2) is 0 Å². The average molecular weight is 348 g/mol. The summed E-state index contributed by atoms with van der Waals surface area (Å²) in [6, 6.07) is 7.88. The molecule has 130 valence electrons. The molecule has 0 atom stereocenters. The van der Waals surface area contributed by atoms with Crippen molar-refractivity contribution < 1.29 is 19.1 Å². The van der Waals surface area contributed by atoms with Crippen molar-refractivity contribution in [2.75, 3.05) is 0 Å². The largest absolute Gasteiger partial charge is 0.507 e. The topological polar surface area (TPSA) is 76.7 Å². The summed E-state index contributed by atoms with van der Waals surface area (Å²) in [5.74, 6) is 0.529. The summed E-state index contributed by atoms with van der Waals surface area (Å²) in [7, 11) is 0. The summed E-state index contributed by atoms with van der Waals surface area (Å²) >= 11 is 0. The lowest BCUT2D eigenvalue weighted by Crippen LogP contribution is -2.27. The van der Waals surface area contributed by atoms with Gasteiger partial charge in [-0.2, -0.15) is 0 Å². The minimum atomic E-state index is -0.418. The lowest BCUT2D eigenvalue weighted by molar-refractivity contribution is 0.112. The molecule has 0 bridgehead atoms. The maximum absolute atomic E-state index is 13.0. The highest BCUT2D eigenvalue weighted by Gasteiger charge is 2.23. The molecule has 1 aliphatic rings. The summed E-state index contributed by atoms with van der Waals surface area (Å²) in [4.78, 5) is 24.0. The first-order valence-electron chi connectivity index (χ1n) is 8.14. The van der Waals surface area contributed by atoms with Gasteiger partial charge < -0.3 is 14.3 Å². The van der Waals surface area contributed by atoms with Gasteiger partial charge in [0.15, 0.2) is 6.29 Å². The number of aldehydes is 1. The highest BCUT2D eigenvalue weighted by molar-refractivity contribution is 5.88. The molecule has 1 aromatic heterocycles. The molecule has 2 heterocycles. The van der Waals surface area contributed by atoms with Gasteiger partial charge >= 0.3 is 0 Å². The molecule has 3 aromatic rings. The number of phenols is 1. The van der Waals surface area contributed by atoms with Crippen LogP contribution in [0.2, 0.25) is 0 Å². The Hall–Kier alpha value is -3.34. The summed E-state index contributed by atoms with van der Waals surface area (Å²) in [6.07, 6.45) is 5.77. The van der Waals surface area contributed by atoms with Gasteiger partial charge in [-0.3, -0.25) is 9.59 Å². The monoisotopic (exact) mass is 348 g/mol. The molecular weight excluding hydrogens is 332 g/mol. The van der Waals surface area contributed by atoms with Crippen LogP contribution in [0.4, 0.5) is 0 Å². The highest BCUT2D eigenvalue weighted by atomic mass is 16.5. The predicted octanol–water partition coefficient (Wildman–Crippen LogP) is 4.16. The molecule has 1 aliphatic heterocycles. The van der Waals surface area contributed by atoms with Gasteiger partial charge in [-0.15, -0.1) is 0 Å². The second-order valence-corrected chi connectivity index (χ2v) is 6.79. The van der Waals surface area contributed by atoms with Crippen LogP contribution in [-0.4, -0.2) is 17.0 Å². The Bertz CT molecular complexity index is 1140. The number of phenolic OH excluding ortho intramolecular Hbond substituents is 1. The van der Waals surface area contributed by atoms with Crippen LogP contribution in [0.3, 0.4) is 0 Å². The van der Waals surface area contributed by atoms with Gasteiger partial charge in [0.1, 0.15) is 28.9 Å². The molecule has 0 fully saturated rings. The van der Waals surface area contributed by atoms with E-state index in [1.54, 1.807) is 18.2 Å². The van der Waals surface area contributed by atoms with E-state index in [4.69, 9.17) is 9.15 Å². The van der Waals surface area contributed by atoms with Crippen molar-refractivity contribution in [3.8, 4) is 22.6 Å². The summed E-state index contributed by atoms with van der Waals surface area (Å²) in [6.45, 7) is 3.90. The lowest BCUT2D eigenvalue weighted by atomic mass is 9.99. The maximum Gasteiger partial charge on any atom is 0.200 e. The molecule has 2 aromatic carbocycles. The summed E-state index contributed by atoms with van der Waals surface area (Å²) in [5.41, 5.74) is 1.55. The fourth-order valence-electron chi connectivity index (χ4n) is 3.02. The van der Waals surface area contributed by atoms with Crippen LogP contribution >= 0.6 is 0 Å². The van der Waals surface area contributed by atoms with Gasteiger partial charge in [-0.05, 0) is 43.7 Å². The zero-order valence-corrected chi connectivity index (χ0v) is 14.3. The van der Waals surface area contributed by atoms with E-state index in [2.05, 4.69) is 0 Å². The lowest BCUT2D eigenvalue weighted by Gasteiger charge is -2.27. The predicted molar refractivity (Wildman–Crippen MR) is 98.7 cm³/mol. The van der Waals surface area contributed by atoms with Gasteiger partial charge in [-0.1, -0.05) is 12.1 Å². The number of benzene rings is 2. The molecule has 1 N–H and O–H groups in total. The molecular formula is C21H16O5. The van der Waals surface area contributed by atoms with Crippen molar-refractivity contribution in [2.45, 2.75) is 19.4 Å². The Labute approximate surface area is 149 Å². The molecule has 5 heteroatoms. The van der Waals surface area contributed by atoms with Crippen LogP contribution in [-0.2, 0) is 0 Å². The van der Waals surface area contributed by atoms with Crippen LogP contribution in [0, 0.1) is 0 Å². The van der Waals surface area contributed by atoms with Gasteiger partial charge in [0, 0.05) is 11.6 Å². The molecule has 0 saturated heterocycles.